The number of rotatable bonds is 5. The first-order valence-electron chi connectivity index (χ1n) is 7.16. The molecule has 0 aromatic heterocycles. The van der Waals surface area contributed by atoms with Crippen LogP contribution in [-0.2, 0) is 27.8 Å². The zero-order valence-corrected chi connectivity index (χ0v) is 13.9. The monoisotopic (exact) mass is 348 g/mol. The summed E-state index contributed by atoms with van der Waals surface area (Å²) in [5.74, 6) is -0.898. The summed E-state index contributed by atoms with van der Waals surface area (Å²) >= 11 is 0. The fourth-order valence-electron chi connectivity index (χ4n) is 2.07. The van der Waals surface area contributed by atoms with Crippen molar-refractivity contribution in [1.82, 2.24) is 10.9 Å². The summed E-state index contributed by atoms with van der Waals surface area (Å²) in [7, 11) is -1.00. The molecule has 0 aliphatic heterocycles. The molecule has 2 aromatic carbocycles. The topological polar surface area (TPSA) is 75.3 Å². The van der Waals surface area contributed by atoms with Crippen LogP contribution in [0.2, 0.25) is 0 Å². The molecule has 2 amide bonds. The van der Waals surface area contributed by atoms with Gasteiger partial charge >= 0.3 is 0 Å². The van der Waals surface area contributed by atoms with E-state index in [1.165, 1.54) is 24.3 Å². The van der Waals surface area contributed by atoms with Gasteiger partial charge < -0.3 is 0 Å². The van der Waals surface area contributed by atoms with Crippen LogP contribution in [0.15, 0.2) is 48.5 Å². The third-order valence-corrected chi connectivity index (χ3v) is 3.89. The van der Waals surface area contributed by atoms with E-state index in [-0.39, 0.29) is 12.2 Å². The zero-order valence-electron chi connectivity index (χ0n) is 13.0. The van der Waals surface area contributed by atoms with Crippen LogP contribution in [0, 0.1) is 5.82 Å². The average Bonchev–Trinajstić information content (AvgIpc) is 2.54. The van der Waals surface area contributed by atoms with Crippen LogP contribution in [0.4, 0.5) is 4.39 Å². The van der Waals surface area contributed by atoms with Gasteiger partial charge in [-0.3, -0.25) is 24.6 Å². The summed E-state index contributed by atoms with van der Waals surface area (Å²) in [5, 5.41) is 0. The fourth-order valence-corrected chi connectivity index (χ4v) is 2.72. The third kappa shape index (κ3) is 5.58. The number of benzene rings is 2. The summed E-state index contributed by atoms with van der Waals surface area (Å²) in [6, 6.07) is 12.3. The molecule has 24 heavy (non-hydrogen) atoms. The molecule has 0 fully saturated rings. The van der Waals surface area contributed by atoms with E-state index in [0.717, 1.165) is 5.56 Å². The first-order chi connectivity index (χ1) is 11.4. The molecule has 0 bridgehead atoms. The van der Waals surface area contributed by atoms with E-state index in [9.17, 15) is 18.2 Å². The molecule has 0 heterocycles. The second kappa shape index (κ2) is 8.35. The van der Waals surface area contributed by atoms with Gasteiger partial charge in [0.2, 0.25) is 5.91 Å². The smallest absolute Gasteiger partial charge is 0.269 e. The standard InChI is InChI=1S/C17H17FN2O3S/c1-24(23)11-13-3-2-4-14(9-13)17(22)20-19-16(21)10-12-5-7-15(18)8-6-12/h2-9H,10-11H2,1H3,(H,19,21)(H,20,22). The van der Waals surface area contributed by atoms with Gasteiger partial charge in [0.1, 0.15) is 5.82 Å². The Morgan fingerprint density at radius 2 is 1.75 bits per heavy atom. The summed E-state index contributed by atoms with van der Waals surface area (Å²) in [4.78, 5) is 23.8. The first kappa shape index (κ1) is 17.8. The molecule has 0 aliphatic rings. The van der Waals surface area contributed by atoms with Crippen LogP contribution >= 0.6 is 0 Å². The van der Waals surface area contributed by atoms with Gasteiger partial charge in [-0.1, -0.05) is 24.3 Å². The van der Waals surface area contributed by atoms with Crippen molar-refractivity contribution in [3.63, 3.8) is 0 Å². The Balaban J connectivity index is 1.89. The number of carbonyl (C=O) groups is 2. The van der Waals surface area contributed by atoms with E-state index < -0.39 is 22.6 Å². The lowest BCUT2D eigenvalue weighted by atomic mass is 10.1. The van der Waals surface area contributed by atoms with Crippen molar-refractivity contribution in [3.05, 3.63) is 71.0 Å². The average molecular weight is 348 g/mol. The molecule has 1 unspecified atom stereocenters. The van der Waals surface area contributed by atoms with Crippen molar-refractivity contribution in [2.45, 2.75) is 12.2 Å². The lowest BCUT2D eigenvalue weighted by molar-refractivity contribution is -0.121. The second-order valence-corrected chi connectivity index (χ2v) is 6.66. The van der Waals surface area contributed by atoms with Gasteiger partial charge in [-0.25, -0.2) is 4.39 Å². The van der Waals surface area contributed by atoms with Crippen molar-refractivity contribution in [2.75, 3.05) is 6.26 Å². The molecule has 2 N–H and O–H groups in total. The fraction of sp³-hybridized carbons (Fsp3) is 0.176. The van der Waals surface area contributed by atoms with E-state index in [1.54, 1.807) is 30.5 Å². The van der Waals surface area contributed by atoms with Gasteiger partial charge in [-0.2, -0.15) is 0 Å². The predicted molar refractivity (Wildman–Crippen MR) is 89.9 cm³/mol. The first-order valence-corrected chi connectivity index (χ1v) is 8.89. The molecule has 0 spiro atoms. The van der Waals surface area contributed by atoms with Crippen LogP contribution in [0.1, 0.15) is 21.5 Å². The van der Waals surface area contributed by atoms with Crippen molar-refractivity contribution in [1.29, 1.82) is 0 Å². The number of halogens is 1. The highest BCUT2D eigenvalue weighted by Gasteiger charge is 2.09. The Hall–Kier alpha value is -2.54. The molecule has 0 saturated heterocycles. The normalized spacial score (nSPS) is 11.6. The van der Waals surface area contributed by atoms with Gasteiger partial charge in [0.25, 0.3) is 5.91 Å². The van der Waals surface area contributed by atoms with Crippen molar-refractivity contribution < 1.29 is 18.2 Å². The summed E-state index contributed by atoms with van der Waals surface area (Å²) in [5.41, 5.74) is 6.41. The van der Waals surface area contributed by atoms with E-state index in [1.807, 2.05) is 0 Å². The molecule has 126 valence electrons. The molecular formula is C17H17FN2O3S. The number of hydrazine groups is 1. The van der Waals surface area contributed by atoms with Crippen molar-refractivity contribution in [3.8, 4) is 0 Å². The van der Waals surface area contributed by atoms with Crippen LogP contribution in [0.25, 0.3) is 0 Å². The SMILES string of the molecule is CS(=O)Cc1cccc(C(=O)NNC(=O)Cc2ccc(F)cc2)c1. The van der Waals surface area contributed by atoms with E-state index in [2.05, 4.69) is 10.9 Å². The van der Waals surface area contributed by atoms with E-state index in [4.69, 9.17) is 0 Å². The third-order valence-electron chi connectivity index (χ3n) is 3.15. The largest absolute Gasteiger partial charge is 0.273 e. The van der Waals surface area contributed by atoms with Crippen LogP contribution in [0.5, 0.6) is 0 Å². The summed E-state index contributed by atoms with van der Waals surface area (Å²) < 4.78 is 24.0. The number of amides is 2. The van der Waals surface area contributed by atoms with Crippen LogP contribution in [0.3, 0.4) is 0 Å². The molecule has 0 aliphatic carbocycles. The summed E-state index contributed by atoms with van der Waals surface area (Å²) in [6.45, 7) is 0. The molecule has 0 saturated carbocycles. The molecule has 2 rings (SSSR count). The molecule has 7 heteroatoms. The van der Waals surface area contributed by atoms with E-state index in [0.29, 0.717) is 16.9 Å². The minimum absolute atomic E-state index is 0.0232. The highest BCUT2D eigenvalue weighted by molar-refractivity contribution is 7.83. The highest BCUT2D eigenvalue weighted by Crippen LogP contribution is 2.07. The molecule has 5 nitrogen and oxygen atoms in total. The van der Waals surface area contributed by atoms with Crippen LogP contribution < -0.4 is 10.9 Å². The maximum Gasteiger partial charge on any atom is 0.269 e. The minimum Gasteiger partial charge on any atom is -0.273 e. The van der Waals surface area contributed by atoms with Crippen molar-refractivity contribution in [2.24, 2.45) is 0 Å². The number of nitrogens with one attached hydrogen (secondary N) is 2. The van der Waals surface area contributed by atoms with Gasteiger partial charge in [0, 0.05) is 28.4 Å². The number of hydrogen-bond acceptors (Lipinski definition) is 3. The lowest BCUT2D eigenvalue weighted by Crippen LogP contribution is -2.42. The van der Waals surface area contributed by atoms with Gasteiger partial charge in [0.15, 0.2) is 0 Å². The minimum atomic E-state index is -1.00. The maximum atomic E-state index is 12.8. The van der Waals surface area contributed by atoms with Crippen molar-refractivity contribution >= 4 is 22.6 Å². The van der Waals surface area contributed by atoms with Crippen LogP contribution in [-0.4, -0.2) is 22.3 Å². The maximum absolute atomic E-state index is 12.8. The summed E-state index contributed by atoms with van der Waals surface area (Å²) in [6.07, 6.45) is 1.61. The van der Waals surface area contributed by atoms with Gasteiger partial charge in [0.05, 0.1) is 6.42 Å². The quantitative estimate of drug-likeness (QED) is 0.808. The molecular weight excluding hydrogens is 331 g/mol. The Kier molecular flexibility index (Phi) is 6.20. The Bertz CT molecular complexity index is 763. The van der Waals surface area contributed by atoms with Gasteiger partial charge in [-0.15, -0.1) is 0 Å². The molecule has 2 aromatic rings. The predicted octanol–water partition coefficient (Wildman–Crippen LogP) is 1.71. The second-order valence-electron chi connectivity index (χ2n) is 5.22. The Morgan fingerprint density at radius 3 is 2.42 bits per heavy atom. The Labute approximate surface area is 141 Å². The number of hydrogen-bond donors (Lipinski definition) is 2. The zero-order chi connectivity index (χ0) is 17.5. The molecule has 0 radical (unpaired) electrons. The highest BCUT2D eigenvalue weighted by atomic mass is 32.2. The van der Waals surface area contributed by atoms with E-state index >= 15 is 0 Å². The number of carbonyl (C=O) groups excluding carboxylic acids is 2. The molecule has 1 atom stereocenters. The lowest BCUT2D eigenvalue weighted by Gasteiger charge is -2.08. The van der Waals surface area contributed by atoms with Gasteiger partial charge in [-0.05, 0) is 35.4 Å². The Morgan fingerprint density at radius 1 is 1.04 bits per heavy atom.